The molecule has 0 saturated carbocycles. The number of aryl methyl sites for hydroxylation is 2. The molecule has 2 aromatic rings. The standard InChI is InChI=1S/C25H32N2S/c1-3-12-24-20(8-1)14-15-21-9-2-4-13-25(21)27(24)19-28-18-22-10-7-17-26-16-6-5-11-23(22)26/h1-4,8-9,12-13,22-23H,5-7,10-11,14-19H2/t22-,23+/m0/s1. The van der Waals surface area contributed by atoms with Gasteiger partial charge in [-0.05, 0) is 86.5 Å². The highest BCUT2D eigenvalue weighted by molar-refractivity contribution is 7.99. The molecule has 2 saturated heterocycles. The topological polar surface area (TPSA) is 6.48 Å². The predicted molar refractivity (Wildman–Crippen MR) is 122 cm³/mol. The third-order valence-electron chi connectivity index (χ3n) is 7.01. The molecular weight excluding hydrogens is 360 g/mol. The number of rotatable bonds is 4. The number of fused-ring (bicyclic) bond motifs is 3. The van der Waals surface area contributed by atoms with Crippen molar-refractivity contribution in [1.82, 2.24) is 4.90 Å². The van der Waals surface area contributed by atoms with Crippen LogP contribution in [0.4, 0.5) is 11.4 Å². The van der Waals surface area contributed by atoms with Crippen LogP contribution in [-0.2, 0) is 12.8 Å². The summed E-state index contributed by atoms with van der Waals surface area (Å²) in [6.07, 6.45) is 9.41. The fourth-order valence-corrected chi connectivity index (χ4v) is 6.83. The van der Waals surface area contributed by atoms with Crippen molar-refractivity contribution >= 4 is 23.1 Å². The van der Waals surface area contributed by atoms with E-state index in [1.54, 1.807) is 0 Å². The van der Waals surface area contributed by atoms with Gasteiger partial charge in [0.15, 0.2) is 0 Å². The van der Waals surface area contributed by atoms with Crippen LogP contribution in [0.15, 0.2) is 48.5 Å². The number of thioether (sulfide) groups is 1. The fourth-order valence-electron chi connectivity index (χ4n) is 5.58. The van der Waals surface area contributed by atoms with Crippen molar-refractivity contribution in [3.05, 3.63) is 59.7 Å². The van der Waals surface area contributed by atoms with E-state index >= 15 is 0 Å². The van der Waals surface area contributed by atoms with Gasteiger partial charge in [-0.15, -0.1) is 11.8 Å². The second-order valence-electron chi connectivity index (χ2n) is 8.69. The molecule has 2 fully saturated rings. The lowest BCUT2D eigenvalue weighted by Gasteiger charge is -2.44. The maximum atomic E-state index is 2.80. The van der Waals surface area contributed by atoms with Gasteiger partial charge in [0.1, 0.15) is 0 Å². The smallest absolute Gasteiger partial charge is 0.0688 e. The normalized spacial score (nSPS) is 24.8. The van der Waals surface area contributed by atoms with Crippen molar-refractivity contribution in [2.45, 2.75) is 51.0 Å². The molecule has 28 heavy (non-hydrogen) atoms. The second kappa shape index (κ2) is 8.51. The van der Waals surface area contributed by atoms with E-state index in [2.05, 4.69) is 70.1 Å². The van der Waals surface area contributed by atoms with E-state index in [4.69, 9.17) is 0 Å². The molecule has 0 aromatic heterocycles. The van der Waals surface area contributed by atoms with Crippen LogP contribution in [0.2, 0.25) is 0 Å². The summed E-state index contributed by atoms with van der Waals surface area (Å²) in [5, 5.41) is 0. The van der Waals surface area contributed by atoms with Gasteiger partial charge in [-0.3, -0.25) is 0 Å². The molecule has 2 nitrogen and oxygen atoms in total. The van der Waals surface area contributed by atoms with E-state index in [9.17, 15) is 0 Å². The minimum Gasteiger partial charge on any atom is -0.331 e. The Hall–Kier alpha value is -1.45. The Bertz CT molecular complexity index is 755. The largest absolute Gasteiger partial charge is 0.331 e. The second-order valence-corrected chi connectivity index (χ2v) is 9.69. The third-order valence-corrected chi connectivity index (χ3v) is 8.11. The van der Waals surface area contributed by atoms with Crippen molar-refractivity contribution < 1.29 is 0 Å². The molecule has 3 heterocycles. The molecule has 0 unspecified atom stereocenters. The zero-order valence-corrected chi connectivity index (χ0v) is 17.7. The summed E-state index contributed by atoms with van der Waals surface area (Å²) in [7, 11) is 0. The molecule has 0 spiro atoms. The monoisotopic (exact) mass is 392 g/mol. The quantitative estimate of drug-likeness (QED) is 0.642. The minimum absolute atomic E-state index is 0.860. The highest BCUT2D eigenvalue weighted by Crippen LogP contribution is 2.38. The summed E-state index contributed by atoms with van der Waals surface area (Å²) in [4.78, 5) is 5.39. The van der Waals surface area contributed by atoms with Crippen LogP contribution >= 0.6 is 11.8 Å². The molecule has 0 aliphatic carbocycles. The lowest BCUT2D eigenvalue weighted by Crippen LogP contribution is -2.48. The van der Waals surface area contributed by atoms with E-state index in [1.807, 2.05) is 0 Å². The van der Waals surface area contributed by atoms with Gasteiger partial charge in [0, 0.05) is 17.4 Å². The number of hydrogen-bond donors (Lipinski definition) is 0. The molecule has 3 aliphatic rings. The van der Waals surface area contributed by atoms with Gasteiger partial charge in [-0.25, -0.2) is 0 Å². The average Bonchev–Trinajstić information content (AvgIpc) is 2.91. The Kier molecular flexibility index (Phi) is 5.64. The molecule has 2 atom stereocenters. The maximum absolute atomic E-state index is 2.80. The summed E-state index contributed by atoms with van der Waals surface area (Å²) < 4.78 is 0. The van der Waals surface area contributed by atoms with Gasteiger partial charge in [0.2, 0.25) is 0 Å². The van der Waals surface area contributed by atoms with E-state index in [0.717, 1.165) is 30.7 Å². The van der Waals surface area contributed by atoms with Crippen molar-refractivity contribution in [3.8, 4) is 0 Å². The van der Waals surface area contributed by atoms with Crippen molar-refractivity contribution in [3.63, 3.8) is 0 Å². The van der Waals surface area contributed by atoms with Crippen LogP contribution in [0.5, 0.6) is 0 Å². The first-order valence-electron chi connectivity index (χ1n) is 11.2. The van der Waals surface area contributed by atoms with E-state index in [0.29, 0.717) is 0 Å². The first-order valence-corrected chi connectivity index (χ1v) is 12.3. The molecule has 0 N–H and O–H groups in total. The Morgan fingerprint density at radius 2 is 1.46 bits per heavy atom. The van der Waals surface area contributed by atoms with Crippen LogP contribution in [0, 0.1) is 5.92 Å². The van der Waals surface area contributed by atoms with Crippen LogP contribution in [0.3, 0.4) is 0 Å². The first-order chi connectivity index (χ1) is 13.9. The number of para-hydroxylation sites is 2. The van der Waals surface area contributed by atoms with Gasteiger partial charge >= 0.3 is 0 Å². The van der Waals surface area contributed by atoms with Crippen LogP contribution < -0.4 is 4.90 Å². The zero-order valence-electron chi connectivity index (χ0n) is 16.9. The van der Waals surface area contributed by atoms with Crippen LogP contribution in [0.25, 0.3) is 0 Å². The van der Waals surface area contributed by atoms with Gasteiger partial charge in [-0.1, -0.05) is 42.8 Å². The van der Waals surface area contributed by atoms with Gasteiger partial charge in [-0.2, -0.15) is 0 Å². The number of nitrogens with zero attached hydrogens (tertiary/aromatic N) is 2. The van der Waals surface area contributed by atoms with Crippen molar-refractivity contribution in [1.29, 1.82) is 0 Å². The first kappa shape index (κ1) is 18.6. The van der Waals surface area contributed by atoms with E-state index in [1.165, 1.54) is 73.4 Å². The summed E-state index contributed by atoms with van der Waals surface area (Å²) in [6, 6.07) is 18.9. The van der Waals surface area contributed by atoms with Crippen molar-refractivity contribution in [2.75, 3.05) is 29.6 Å². The van der Waals surface area contributed by atoms with Crippen molar-refractivity contribution in [2.24, 2.45) is 5.92 Å². The third kappa shape index (κ3) is 3.71. The number of benzene rings is 2. The predicted octanol–water partition coefficient (Wildman–Crippen LogP) is 5.88. The molecule has 3 aliphatic heterocycles. The highest BCUT2D eigenvalue weighted by Gasteiger charge is 2.33. The summed E-state index contributed by atoms with van der Waals surface area (Å²) >= 11 is 2.16. The number of anilines is 2. The highest BCUT2D eigenvalue weighted by atomic mass is 32.2. The summed E-state index contributed by atoms with van der Waals surface area (Å²) in [5.74, 6) is 3.26. The molecule has 148 valence electrons. The van der Waals surface area contributed by atoms with Gasteiger partial charge in [0.05, 0.1) is 5.88 Å². The summed E-state index contributed by atoms with van der Waals surface area (Å²) in [5.41, 5.74) is 5.83. The molecule has 0 bridgehead atoms. The Morgan fingerprint density at radius 1 is 0.786 bits per heavy atom. The molecule has 5 rings (SSSR count). The Balaban J connectivity index is 1.32. The minimum atomic E-state index is 0.860. The summed E-state index contributed by atoms with van der Waals surface area (Å²) in [6.45, 7) is 2.69. The molecule has 2 aromatic carbocycles. The Labute approximate surface area is 174 Å². The maximum Gasteiger partial charge on any atom is 0.0688 e. The van der Waals surface area contributed by atoms with E-state index in [-0.39, 0.29) is 0 Å². The van der Waals surface area contributed by atoms with Crippen LogP contribution in [-0.4, -0.2) is 35.7 Å². The zero-order chi connectivity index (χ0) is 18.8. The molecule has 0 radical (unpaired) electrons. The number of hydrogen-bond acceptors (Lipinski definition) is 3. The average molecular weight is 393 g/mol. The Morgan fingerprint density at radius 3 is 2.21 bits per heavy atom. The molecule has 3 heteroatoms. The molecular formula is C25H32N2S. The van der Waals surface area contributed by atoms with Gasteiger partial charge < -0.3 is 9.80 Å². The lowest BCUT2D eigenvalue weighted by atomic mass is 9.85. The SMILES string of the molecule is c1ccc2c(c1)CCc1ccccc1N2CSC[C@@H]1CCCN2CCCC[C@H]12. The fraction of sp³-hybridized carbons (Fsp3) is 0.520. The lowest BCUT2D eigenvalue weighted by molar-refractivity contribution is 0.0693. The molecule has 0 amide bonds. The van der Waals surface area contributed by atoms with E-state index < -0.39 is 0 Å². The number of piperidine rings is 2. The van der Waals surface area contributed by atoms with Crippen LogP contribution in [0.1, 0.15) is 43.2 Å². The van der Waals surface area contributed by atoms with Gasteiger partial charge in [0.25, 0.3) is 0 Å².